The third kappa shape index (κ3) is 4.95. The summed E-state index contributed by atoms with van der Waals surface area (Å²) in [4.78, 5) is 0. The molecule has 1 heterocycles. The Morgan fingerprint density at radius 3 is 2.20 bits per heavy atom. The highest BCUT2D eigenvalue weighted by atomic mass is 32.2. The fourth-order valence-corrected chi connectivity index (χ4v) is 2.25. The molecule has 1 aliphatic heterocycles. The summed E-state index contributed by atoms with van der Waals surface area (Å²) in [7, 11) is -2.86. The Kier molecular flexibility index (Phi) is 4.55. The zero-order chi connectivity index (χ0) is 11.5. The van der Waals surface area contributed by atoms with Gasteiger partial charge in [0.2, 0.25) is 0 Å². The standard InChI is InChI=1S/C10H20O4S/c1-8(2)10-13-6-9(7-14-10)4-5-15(3,11)12/h8-10H,4-7H2,1-3H3. The summed E-state index contributed by atoms with van der Waals surface area (Å²) in [6.07, 6.45) is 1.76. The summed E-state index contributed by atoms with van der Waals surface area (Å²) in [6, 6.07) is 0. The van der Waals surface area contributed by atoms with Crippen molar-refractivity contribution in [1.82, 2.24) is 0 Å². The van der Waals surface area contributed by atoms with Gasteiger partial charge in [-0.15, -0.1) is 0 Å². The van der Waals surface area contributed by atoms with Gasteiger partial charge in [0.25, 0.3) is 0 Å². The zero-order valence-corrected chi connectivity index (χ0v) is 10.4. The minimum absolute atomic E-state index is 0.125. The maximum atomic E-state index is 11.0. The van der Waals surface area contributed by atoms with E-state index in [4.69, 9.17) is 9.47 Å². The number of ether oxygens (including phenoxy) is 2. The lowest BCUT2D eigenvalue weighted by molar-refractivity contribution is -0.219. The van der Waals surface area contributed by atoms with Crippen molar-refractivity contribution in [1.29, 1.82) is 0 Å². The van der Waals surface area contributed by atoms with Crippen molar-refractivity contribution in [2.75, 3.05) is 25.2 Å². The van der Waals surface area contributed by atoms with Gasteiger partial charge in [-0.3, -0.25) is 0 Å². The first-order valence-corrected chi connectivity index (χ1v) is 7.35. The molecule has 0 aliphatic carbocycles. The quantitative estimate of drug-likeness (QED) is 0.732. The molecule has 1 rings (SSSR count). The third-order valence-corrected chi connectivity index (χ3v) is 3.41. The Hall–Kier alpha value is -0.130. The second-order valence-corrected chi connectivity index (χ2v) is 6.82. The van der Waals surface area contributed by atoms with E-state index in [0.717, 1.165) is 0 Å². The first-order chi connectivity index (χ1) is 6.88. The molecule has 0 amide bonds. The molecular formula is C10H20O4S. The van der Waals surface area contributed by atoms with Gasteiger partial charge in [-0.25, -0.2) is 8.42 Å². The molecule has 0 aromatic carbocycles. The summed E-state index contributed by atoms with van der Waals surface area (Å²) in [5.41, 5.74) is 0. The molecule has 0 spiro atoms. The second kappa shape index (κ2) is 5.27. The van der Waals surface area contributed by atoms with Crippen LogP contribution in [0, 0.1) is 11.8 Å². The first-order valence-electron chi connectivity index (χ1n) is 5.29. The monoisotopic (exact) mass is 236 g/mol. The Bertz CT molecular complexity index is 276. The average molecular weight is 236 g/mol. The molecule has 0 aromatic heterocycles. The van der Waals surface area contributed by atoms with Crippen molar-refractivity contribution in [3.63, 3.8) is 0 Å². The Labute approximate surface area is 91.9 Å². The van der Waals surface area contributed by atoms with Gasteiger partial charge in [-0.1, -0.05) is 13.8 Å². The zero-order valence-electron chi connectivity index (χ0n) is 9.60. The maximum absolute atomic E-state index is 11.0. The summed E-state index contributed by atoms with van der Waals surface area (Å²) < 4.78 is 32.9. The molecule has 90 valence electrons. The van der Waals surface area contributed by atoms with Crippen molar-refractivity contribution in [3.8, 4) is 0 Å². The molecule has 0 N–H and O–H groups in total. The second-order valence-electron chi connectivity index (χ2n) is 4.56. The predicted octanol–water partition coefficient (Wildman–Crippen LogP) is 1.07. The van der Waals surface area contributed by atoms with E-state index >= 15 is 0 Å². The van der Waals surface area contributed by atoms with Crippen LogP contribution < -0.4 is 0 Å². The molecule has 1 fully saturated rings. The van der Waals surface area contributed by atoms with Crippen molar-refractivity contribution >= 4 is 9.84 Å². The molecule has 0 unspecified atom stereocenters. The van der Waals surface area contributed by atoms with Gasteiger partial charge in [0.15, 0.2) is 6.29 Å². The van der Waals surface area contributed by atoms with Crippen molar-refractivity contribution in [2.24, 2.45) is 11.8 Å². The summed E-state index contributed by atoms with van der Waals surface area (Å²) in [5, 5.41) is 0. The van der Waals surface area contributed by atoms with Gasteiger partial charge < -0.3 is 9.47 Å². The summed E-state index contributed by atoms with van der Waals surface area (Å²) >= 11 is 0. The average Bonchev–Trinajstić information content (AvgIpc) is 2.14. The van der Waals surface area contributed by atoms with Crippen LogP contribution in [0.4, 0.5) is 0 Å². The van der Waals surface area contributed by atoms with Gasteiger partial charge in [0.05, 0.1) is 19.0 Å². The Morgan fingerprint density at radius 2 is 1.80 bits per heavy atom. The van der Waals surface area contributed by atoms with E-state index in [1.165, 1.54) is 6.26 Å². The number of sulfone groups is 1. The van der Waals surface area contributed by atoms with Gasteiger partial charge in [-0.05, 0) is 6.42 Å². The Morgan fingerprint density at radius 1 is 1.27 bits per heavy atom. The minimum atomic E-state index is -2.86. The van der Waals surface area contributed by atoms with Crippen molar-refractivity contribution < 1.29 is 17.9 Å². The molecule has 1 aliphatic rings. The van der Waals surface area contributed by atoms with E-state index in [0.29, 0.717) is 25.6 Å². The van der Waals surface area contributed by atoms with E-state index in [-0.39, 0.29) is 18.0 Å². The fraction of sp³-hybridized carbons (Fsp3) is 1.00. The highest BCUT2D eigenvalue weighted by Gasteiger charge is 2.24. The van der Waals surface area contributed by atoms with Crippen LogP contribution in [0.3, 0.4) is 0 Å². The van der Waals surface area contributed by atoms with E-state index < -0.39 is 9.84 Å². The molecular weight excluding hydrogens is 216 g/mol. The van der Waals surface area contributed by atoms with Crippen LogP contribution in [0.2, 0.25) is 0 Å². The SMILES string of the molecule is CC(C)C1OCC(CCS(C)(=O)=O)CO1. The van der Waals surface area contributed by atoms with Crippen LogP contribution in [-0.4, -0.2) is 39.9 Å². The topological polar surface area (TPSA) is 52.6 Å². The number of hydrogen-bond acceptors (Lipinski definition) is 4. The largest absolute Gasteiger partial charge is 0.352 e. The molecule has 4 nitrogen and oxygen atoms in total. The van der Waals surface area contributed by atoms with Gasteiger partial charge >= 0.3 is 0 Å². The normalized spacial score (nSPS) is 28.3. The maximum Gasteiger partial charge on any atom is 0.159 e. The molecule has 1 saturated heterocycles. The van der Waals surface area contributed by atoms with E-state index in [2.05, 4.69) is 0 Å². The summed E-state index contributed by atoms with van der Waals surface area (Å²) in [6.45, 7) is 5.31. The Balaban J connectivity index is 2.26. The van der Waals surface area contributed by atoms with Gasteiger partial charge in [0.1, 0.15) is 9.84 Å². The molecule has 0 atom stereocenters. The van der Waals surface area contributed by atoms with Crippen LogP contribution in [0.25, 0.3) is 0 Å². The van der Waals surface area contributed by atoms with Crippen LogP contribution in [0.15, 0.2) is 0 Å². The molecule has 0 radical (unpaired) electrons. The molecule has 15 heavy (non-hydrogen) atoms. The molecule has 0 aromatic rings. The van der Waals surface area contributed by atoms with Crippen molar-refractivity contribution in [3.05, 3.63) is 0 Å². The van der Waals surface area contributed by atoms with Crippen LogP contribution in [0.1, 0.15) is 20.3 Å². The lowest BCUT2D eigenvalue weighted by atomic mass is 10.1. The summed E-state index contributed by atoms with van der Waals surface area (Å²) in [5.74, 6) is 0.784. The molecule has 0 bridgehead atoms. The van der Waals surface area contributed by atoms with Crippen LogP contribution >= 0.6 is 0 Å². The lowest BCUT2D eigenvalue weighted by Crippen LogP contribution is -2.35. The minimum Gasteiger partial charge on any atom is -0.352 e. The van der Waals surface area contributed by atoms with E-state index in [1.807, 2.05) is 13.8 Å². The molecule has 5 heteroatoms. The fourth-order valence-electron chi connectivity index (χ4n) is 1.49. The first kappa shape index (κ1) is 12.9. The van der Waals surface area contributed by atoms with Crippen LogP contribution in [0.5, 0.6) is 0 Å². The smallest absolute Gasteiger partial charge is 0.159 e. The van der Waals surface area contributed by atoms with E-state index in [9.17, 15) is 8.42 Å². The highest BCUT2D eigenvalue weighted by Crippen LogP contribution is 2.19. The van der Waals surface area contributed by atoms with Crippen LogP contribution in [-0.2, 0) is 19.3 Å². The highest BCUT2D eigenvalue weighted by molar-refractivity contribution is 7.90. The number of rotatable bonds is 4. The van der Waals surface area contributed by atoms with Gasteiger partial charge in [-0.2, -0.15) is 0 Å². The van der Waals surface area contributed by atoms with Crippen molar-refractivity contribution in [2.45, 2.75) is 26.6 Å². The lowest BCUT2D eigenvalue weighted by Gasteiger charge is -2.31. The number of hydrogen-bond donors (Lipinski definition) is 0. The van der Waals surface area contributed by atoms with Gasteiger partial charge in [0, 0.05) is 18.1 Å². The van der Waals surface area contributed by atoms with E-state index in [1.54, 1.807) is 0 Å². The molecule has 0 saturated carbocycles. The predicted molar refractivity (Wildman–Crippen MR) is 58.3 cm³/mol. The third-order valence-electron chi connectivity index (χ3n) is 2.43.